The van der Waals surface area contributed by atoms with E-state index in [2.05, 4.69) is 51.2 Å². The van der Waals surface area contributed by atoms with Crippen LogP contribution in [-0.2, 0) is 0 Å². The number of ether oxygens (including phenoxy) is 1. The second-order valence-corrected chi connectivity index (χ2v) is 6.93. The number of halogens is 1. The van der Waals surface area contributed by atoms with Crippen LogP contribution in [0.15, 0.2) is 48.5 Å². The molecule has 0 aliphatic carbocycles. The van der Waals surface area contributed by atoms with Crippen molar-refractivity contribution in [1.82, 2.24) is 4.98 Å². The maximum Gasteiger partial charge on any atom is 0.124 e. The summed E-state index contributed by atoms with van der Waals surface area (Å²) in [5.41, 5.74) is 2.21. The van der Waals surface area contributed by atoms with E-state index in [4.69, 9.17) is 4.74 Å². The molecule has 22 heavy (non-hydrogen) atoms. The monoisotopic (exact) mass is 375 g/mol. The number of unbranched alkanes of at least 4 members (excludes halogenated alkanes) is 2. The molecule has 2 aromatic carbocycles. The van der Waals surface area contributed by atoms with Gasteiger partial charge < -0.3 is 4.74 Å². The van der Waals surface area contributed by atoms with Gasteiger partial charge in [0, 0.05) is 10.9 Å². The molecule has 3 aromatic rings. The van der Waals surface area contributed by atoms with Gasteiger partial charge in [-0.3, -0.25) is 0 Å². The maximum atomic E-state index is 5.77. The molecule has 0 amide bonds. The lowest BCUT2D eigenvalue weighted by molar-refractivity contribution is 0.306. The molecule has 1 heterocycles. The number of nitrogens with zero attached hydrogens (tertiary/aromatic N) is 1. The van der Waals surface area contributed by atoms with Gasteiger partial charge in [0.25, 0.3) is 0 Å². The van der Waals surface area contributed by atoms with Gasteiger partial charge in [0.05, 0.1) is 16.8 Å². The van der Waals surface area contributed by atoms with Gasteiger partial charge >= 0.3 is 0 Å². The quantitative estimate of drug-likeness (QED) is 0.378. The van der Waals surface area contributed by atoms with Crippen LogP contribution in [0.1, 0.15) is 19.3 Å². The number of benzene rings is 2. The lowest BCUT2D eigenvalue weighted by Crippen LogP contribution is -1.97. The molecule has 0 saturated heterocycles. The molecule has 0 spiro atoms. The van der Waals surface area contributed by atoms with E-state index in [1.165, 1.54) is 17.5 Å². The minimum Gasteiger partial charge on any atom is -0.494 e. The van der Waals surface area contributed by atoms with Crippen LogP contribution in [0.3, 0.4) is 0 Å². The maximum absolute atomic E-state index is 5.77. The van der Waals surface area contributed by atoms with E-state index < -0.39 is 0 Å². The van der Waals surface area contributed by atoms with Gasteiger partial charge in [0.1, 0.15) is 10.8 Å². The molecule has 0 aliphatic rings. The largest absolute Gasteiger partial charge is 0.494 e. The number of fused-ring (bicyclic) bond motifs is 1. The molecule has 2 nitrogen and oxygen atoms in total. The molecule has 0 fully saturated rings. The molecule has 0 bridgehead atoms. The fourth-order valence-corrected chi connectivity index (χ4v) is 3.62. The molecule has 0 N–H and O–H groups in total. The number of thiazole rings is 1. The predicted octanol–water partition coefficient (Wildman–Crippen LogP) is 5.91. The highest BCUT2D eigenvalue weighted by Gasteiger charge is 2.05. The summed E-state index contributed by atoms with van der Waals surface area (Å²) in [5, 5.41) is 2.13. The third kappa shape index (κ3) is 3.87. The van der Waals surface area contributed by atoms with E-state index in [9.17, 15) is 0 Å². The molecule has 4 heteroatoms. The van der Waals surface area contributed by atoms with Crippen LogP contribution < -0.4 is 4.74 Å². The summed E-state index contributed by atoms with van der Waals surface area (Å²) < 4.78 is 7.00. The first kappa shape index (κ1) is 15.5. The van der Waals surface area contributed by atoms with Crippen LogP contribution in [-0.4, -0.2) is 16.9 Å². The van der Waals surface area contributed by atoms with Crippen molar-refractivity contribution in [2.45, 2.75) is 19.3 Å². The zero-order chi connectivity index (χ0) is 15.2. The smallest absolute Gasteiger partial charge is 0.124 e. The van der Waals surface area contributed by atoms with Crippen LogP contribution in [0, 0.1) is 0 Å². The number of rotatable bonds is 7. The van der Waals surface area contributed by atoms with Gasteiger partial charge in [0.15, 0.2) is 0 Å². The third-order valence-electron chi connectivity index (χ3n) is 3.44. The molecular formula is C18H18BrNOS. The molecule has 3 rings (SSSR count). The molecule has 0 radical (unpaired) electrons. The zero-order valence-corrected chi connectivity index (χ0v) is 14.7. The SMILES string of the molecule is BrCCCCCOc1ccc(-c2nc3ccccc3s2)cc1. The number of hydrogen-bond donors (Lipinski definition) is 0. The van der Waals surface area contributed by atoms with Crippen molar-refractivity contribution in [3.8, 4) is 16.3 Å². The van der Waals surface area contributed by atoms with Crippen molar-refractivity contribution in [3.63, 3.8) is 0 Å². The summed E-state index contributed by atoms with van der Waals surface area (Å²) in [7, 11) is 0. The van der Waals surface area contributed by atoms with Gasteiger partial charge in [-0.2, -0.15) is 0 Å². The van der Waals surface area contributed by atoms with Crippen LogP contribution in [0.2, 0.25) is 0 Å². The van der Waals surface area contributed by atoms with E-state index in [0.29, 0.717) is 0 Å². The fraction of sp³-hybridized carbons (Fsp3) is 0.278. The summed E-state index contributed by atoms with van der Waals surface area (Å²) in [5.74, 6) is 0.934. The average molecular weight is 376 g/mol. The number of alkyl halides is 1. The van der Waals surface area contributed by atoms with Crippen LogP contribution in [0.25, 0.3) is 20.8 Å². The molecule has 0 aliphatic heterocycles. The summed E-state index contributed by atoms with van der Waals surface area (Å²) in [4.78, 5) is 4.68. The molecule has 1 aromatic heterocycles. The lowest BCUT2D eigenvalue weighted by Gasteiger charge is -2.06. The van der Waals surface area contributed by atoms with Crippen LogP contribution >= 0.6 is 27.3 Å². The zero-order valence-electron chi connectivity index (χ0n) is 12.3. The molecule has 0 atom stereocenters. The third-order valence-corrected chi connectivity index (χ3v) is 5.09. The van der Waals surface area contributed by atoms with E-state index in [1.807, 2.05) is 18.2 Å². The van der Waals surface area contributed by atoms with Gasteiger partial charge in [-0.1, -0.05) is 28.1 Å². The highest BCUT2D eigenvalue weighted by atomic mass is 79.9. The van der Waals surface area contributed by atoms with Gasteiger partial charge in [-0.05, 0) is 55.7 Å². The average Bonchev–Trinajstić information content (AvgIpc) is 2.99. The molecular weight excluding hydrogens is 358 g/mol. The number of aromatic nitrogens is 1. The van der Waals surface area contributed by atoms with Gasteiger partial charge in [-0.25, -0.2) is 4.98 Å². The second kappa shape index (κ2) is 7.75. The van der Waals surface area contributed by atoms with Crippen LogP contribution in [0.4, 0.5) is 0 Å². The Labute approximate surface area is 143 Å². The van der Waals surface area contributed by atoms with Gasteiger partial charge in [0.2, 0.25) is 0 Å². The van der Waals surface area contributed by atoms with Crippen molar-refractivity contribution >= 4 is 37.5 Å². The Balaban J connectivity index is 1.63. The minimum atomic E-state index is 0.785. The topological polar surface area (TPSA) is 22.1 Å². The number of para-hydroxylation sites is 1. The van der Waals surface area contributed by atoms with Crippen molar-refractivity contribution in [1.29, 1.82) is 0 Å². The van der Waals surface area contributed by atoms with E-state index in [0.717, 1.165) is 40.2 Å². The Hall–Kier alpha value is -1.39. The minimum absolute atomic E-state index is 0.785. The Bertz CT molecular complexity index is 690. The van der Waals surface area contributed by atoms with Crippen molar-refractivity contribution < 1.29 is 4.74 Å². The lowest BCUT2D eigenvalue weighted by atomic mass is 10.2. The highest BCUT2D eigenvalue weighted by Crippen LogP contribution is 2.30. The van der Waals surface area contributed by atoms with Gasteiger partial charge in [-0.15, -0.1) is 11.3 Å². The fourth-order valence-electron chi connectivity index (χ4n) is 2.25. The standard InChI is InChI=1S/C18H18BrNOS/c19-12-4-1-5-13-21-15-10-8-14(9-11-15)18-20-16-6-2-3-7-17(16)22-18/h2-3,6-11H,1,4-5,12-13H2. The van der Waals surface area contributed by atoms with E-state index in [-0.39, 0.29) is 0 Å². The summed E-state index contributed by atoms with van der Waals surface area (Å²) >= 11 is 5.17. The molecule has 0 saturated carbocycles. The second-order valence-electron chi connectivity index (χ2n) is 5.11. The van der Waals surface area contributed by atoms with E-state index in [1.54, 1.807) is 11.3 Å². The summed E-state index contributed by atoms with van der Waals surface area (Å²) in [6.45, 7) is 0.785. The highest BCUT2D eigenvalue weighted by molar-refractivity contribution is 9.09. The van der Waals surface area contributed by atoms with Crippen LogP contribution in [0.5, 0.6) is 5.75 Å². The van der Waals surface area contributed by atoms with Crippen molar-refractivity contribution in [2.75, 3.05) is 11.9 Å². The predicted molar refractivity (Wildman–Crippen MR) is 98.2 cm³/mol. The van der Waals surface area contributed by atoms with Crippen molar-refractivity contribution in [2.24, 2.45) is 0 Å². The Morgan fingerprint density at radius 2 is 1.77 bits per heavy atom. The number of hydrogen-bond acceptors (Lipinski definition) is 3. The normalized spacial score (nSPS) is 11.0. The molecule has 0 unspecified atom stereocenters. The summed E-state index contributed by atoms with van der Waals surface area (Å²) in [6.07, 6.45) is 3.51. The molecule has 114 valence electrons. The Morgan fingerprint density at radius 3 is 2.55 bits per heavy atom. The Morgan fingerprint density at radius 1 is 0.955 bits per heavy atom. The Kier molecular flexibility index (Phi) is 5.46. The van der Waals surface area contributed by atoms with E-state index >= 15 is 0 Å². The summed E-state index contributed by atoms with van der Waals surface area (Å²) in [6, 6.07) is 16.5. The first-order valence-electron chi connectivity index (χ1n) is 7.51. The first-order valence-corrected chi connectivity index (χ1v) is 9.45. The first-order chi connectivity index (χ1) is 10.9. The van der Waals surface area contributed by atoms with Crippen molar-refractivity contribution in [3.05, 3.63) is 48.5 Å².